The van der Waals surface area contributed by atoms with Gasteiger partial charge in [-0.15, -0.1) is 0 Å². The van der Waals surface area contributed by atoms with Gasteiger partial charge in [0.15, 0.2) is 0 Å². The van der Waals surface area contributed by atoms with Crippen molar-refractivity contribution in [2.45, 2.75) is 46.2 Å². The smallest absolute Gasteiger partial charge is 0.0615 e. The zero-order valence-electron chi connectivity index (χ0n) is 11.0. The molecule has 0 aliphatic heterocycles. The van der Waals surface area contributed by atoms with Crippen LogP contribution in [0.4, 0.5) is 0 Å². The summed E-state index contributed by atoms with van der Waals surface area (Å²) in [7, 11) is 1.75. The Morgan fingerprint density at radius 2 is 1.87 bits per heavy atom. The molecule has 0 saturated heterocycles. The molecule has 0 aliphatic rings. The van der Waals surface area contributed by atoms with E-state index in [-0.39, 0.29) is 6.04 Å². The lowest BCUT2D eigenvalue weighted by atomic mass is 9.99. The van der Waals surface area contributed by atoms with Crippen molar-refractivity contribution in [3.63, 3.8) is 0 Å². The van der Waals surface area contributed by atoms with E-state index < -0.39 is 0 Å². The highest BCUT2D eigenvalue weighted by atomic mass is 16.5. The van der Waals surface area contributed by atoms with Gasteiger partial charge in [-0.05, 0) is 19.4 Å². The second-order valence-corrected chi connectivity index (χ2v) is 4.44. The van der Waals surface area contributed by atoms with Crippen LogP contribution in [0, 0.1) is 5.92 Å². The third kappa shape index (κ3) is 5.50. The van der Waals surface area contributed by atoms with Gasteiger partial charge >= 0.3 is 0 Å². The van der Waals surface area contributed by atoms with E-state index in [1.54, 1.807) is 7.11 Å². The number of hydrogen-bond acceptors (Lipinski definition) is 3. The molecule has 0 heterocycles. The van der Waals surface area contributed by atoms with E-state index >= 15 is 0 Å². The number of likely N-dealkylation sites (N-methyl/N-ethyl adjacent to an activating group) is 1. The molecule has 3 heteroatoms. The summed E-state index contributed by atoms with van der Waals surface area (Å²) in [6.45, 7) is 11.6. The summed E-state index contributed by atoms with van der Waals surface area (Å²) in [5.41, 5.74) is 6.16. The Hall–Kier alpha value is -0.120. The zero-order valence-corrected chi connectivity index (χ0v) is 11.0. The lowest BCUT2D eigenvalue weighted by Crippen LogP contribution is -2.46. The van der Waals surface area contributed by atoms with Gasteiger partial charge in [0.05, 0.1) is 6.61 Å². The summed E-state index contributed by atoms with van der Waals surface area (Å²) in [6.07, 6.45) is 1.15. The number of nitrogens with zero attached hydrogens (tertiary/aromatic N) is 1. The summed E-state index contributed by atoms with van der Waals surface area (Å²) in [5, 5.41) is 0. The maximum Gasteiger partial charge on any atom is 0.0615 e. The quantitative estimate of drug-likeness (QED) is 0.671. The summed E-state index contributed by atoms with van der Waals surface area (Å²) < 4.78 is 5.17. The van der Waals surface area contributed by atoms with Gasteiger partial charge in [0.1, 0.15) is 0 Å². The number of methoxy groups -OCH3 is 1. The fourth-order valence-electron chi connectivity index (χ4n) is 1.72. The Bertz CT molecular complexity index is 153. The molecular formula is C12H28N2O. The van der Waals surface area contributed by atoms with Crippen molar-refractivity contribution in [1.29, 1.82) is 0 Å². The predicted octanol–water partition coefficient (Wildman–Crippen LogP) is 1.72. The number of rotatable bonds is 8. The Kier molecular flexibility index (Phi) is 8.02. The first kappa shape index (κ1) is 14.9. The van der Waals surface area contributed by atoms with Gasteiger partial charge in [0, 0.05) is 25.7 Å². The Labute approximate surface area is 95.0 Å². The van der Waals surface area contributed by atoms with E-state index in [2.05, 4.69) is 32.6 Å². The Balaban J connectivity index is 4.07. The van der Waals surface area contributed by atoms with E-state index in [0.717, 1.165) is 26.1 Å². The van der Waals surface area contributed by atoms with E-state index in [4.69, 9.17) is 10.5 Å². The van der Waals surface area contributed by atoms with E-state index in [1.165, 1.54) is 0 Å². The third-order valence-electron chi connectivity index (χ3n) is 3.26. The molecule has 0 aliphatic carbocycles. The zero-order chi connectivity index (χ0) is 11.8. The number of nitrogens with two attached hydrogens (primary N) is 1. The second-order valence-electron chi connectivity index (χ2n) is 4.44. The molecule has 0 aromatic rings. The lowest BCUT2D eigenvalue weighted by Gasteiger charge is -2.31. The first-order valence-electron chi connectivity index (χ1n) is 6.05. The van der Waals surface area contributed by atoms with Gasteiger partial charge in [0.2, 0.25) is 0 Å². The van der Waals surface area contributed by atoms with Crippen molar-refractivity contribution in [1.82, 2.24) is 4.90 Å². The van der Waals surface area contributed by atoms with Crippen LogP contribution in [0.5, 0.6) is 0 Å². The highest BCUT2D eigenvalue weighted by Crippen LogP contribution is 2.09. The first-order valence-corrected chi connectivity index (χ1v) is 6.05. The Morgan fingerprint density at radius 3 is 2.27 bits per heavy atom. The van der Waals surface area contributed by atoms with Crippen molar-refractivity contribution in [2.24, 2.45) is 11.7 Å². The van der Waals surface area contributed by atoms with Crippen LogP contribution in [0.3, 0.4) is 0 Å². The van der Waals surface area contributed by atoms with Crippen molar-refractivity contribution < 1.29 is 4.74 Å². The minimum absolute atomic E-state index is 0.272. The molecule has 3 atom stereocenters. The molecule has 92 valence electrons. The molecule has 0 spiro atoms. The topological polar surface area (TPSA) is 38.5 Å². The fourth-order valence-corrected chi connectivity index (χ4v) is 1.72. The monoisotopic (exact) mass is 216 g/mol. The summed E-state index contributed by atoms with van der Waals surface area (Å²) in [6, 6.07) is 0.726. The molecular weight excluding hydrogens is 188 g/mol. The van der Waals surface area contributed by atoms with Crippen LogP contribution in [0.25, 0.3) is 0 Å². The fraction of sp³-hybridized carbons (Fsp3) is 1.00. The maximum absolute atomic E-state index is 6.16. The number of ether oxygens (including phenoxy) is 1. The molecule has 3 unspecified atom stereocenters. The van der Waals surface area contributed by atoms with Crippen molar-refractivity contribution in [3.8, 4) is 0 Å². The summed E-state index contributed by atoms with van der Waals surface area (Å²) in [4.78, 5) is 2.39. The van der Waals surface area contributed by atoms with Crippen molar-refractivity contribution >= 4 is 0 Å². The molecule has 0 fully saturated rings. The molecule has 0 rings (SSSR count). The molecule has 0 aromatic carbocycles. The highest BCUT2D eigenvalue weighted by Gasteiger charge is 2.18. The Morgan fingerprint density at radius 1 is 1.27 bits per heavy atom. The SMILES string of the molecule is CCC(C)C(N)CN(CC)C(C)COC. The van der Waals surface area contributed by atoms with Crippen LogP contribution in [-0.2, 0) is 4.74 Å². The van der Waals surface area contributed by atoms with Gasteiger partial charge in [0.25, 0.3) is 0 Å². The van der Waals surface area contributed by atoms with Crippen molar-refractivity contribution in [3.05, 3.63) is 0 Å². The maximum atomic E-state index is 6.16. The van der Waals surface area contributed by atoms with E-state index in [0.29, 0.717) is 12.0 Å². The molecule has 0 saturated carbocycles. The summed E-state index contributed by atoms with van der Waals surface area (Å²) >= 11 is 0. The van der Waals surface area contributed by atoms with Gasteiger partial charge in [-0.3, -0.25) is 4.90 Å². The van der Waals surface area contributed by atoms with Crippen LogP contribution >= 0.6 is 0 Å². The summed E-state index contributed by atoms with van der Waals surface area (Å²) in [5.74, 6) is 0.591. The molecule has 0 radical (unpaired) electrons. The van der Waals surface area contributed by atoms with E-state index in [9.17, 15) is 0 Å². The van der Waals surface area contributed by atoms with Crippen molar-refractivity contribution in [2.75, 3.05) is 26.8 Å². The first-order chi connectivity index (χ1) is 7.06. The molecule has 0 amide bonds. The van der Waals surface area contributed by atoms with E-state index in [1.807, 2.05) is 0 Å². The second kappa shape index (κ2) is 8.08. The van der Waals surface area contributed by atoms with Crippen LogP contribution < -0.4 is 5.73 Å². The lowest BCUT2D eigenvalue weighted by molar-refractivity contribution is 0.0942. The molecule has 15 heavy (non-hydrogen) atoms. The molecule has 2 N–H and O–H groups in total. The average molecular weight is 216 g/mol. The van der Waals surface area contributed by atoms with Gasteiger partial charge in [-0.1, -0.05) is 27.2 Å². The molecule has 0 aromatic heterocycles. The van der Waals surface area contributed by atoms with Crippen LogP contribution in [-0.4, -0.2) is 43.8 Å². The minimum atomic E-state index is 0.272. The minimum Gasteiger partial charge on any atom is -0.383 e. The van der Waals surface area contributed by atoms with Gasteiger partial charge in [-0.25, -0.2) is 0 Å². The molecule has 3 nitrogen and oxygen atoms in total. The van der Waals surface area contributed by atoms with Crippen LogP contribution in [0.2, 0.25) is 0 Å². The highest BCUT2D eigenvalue weighted by molar-refractivity contribution is 4.75. The predicted molar refractivity (Wildman–Crippen MR) is 66.0 cm³/mol. The van der Waals surface area contributed by atoms with Gasteiger partial charge in [-0.2, -0.15) is 0 Å². The molecule has 0 bridgehead atoms. The van der Waals surface area contributed by atoms with Crippen LogP contribution in [0.15, 0.2) is 0 Å². The standard InChI is InChI=1S/C12H28N2O/c1-6-10(3)12(13)8-14(7-2)11(4)9-15-5/h10-12H,6-9,13H2,1-5H3. The third-order valence-corrected chi connectivity index (χ3v) is 3.26. The number of hydrogen-bond donors (Lipinski definition) is 1. The average Bonchev–Trinajstić information content (AvgIpc) is 2.24. The largest absolute Gasteiger partial charge is 0.383 e. The normalized spacial score (nSPS) is 17.8. The van der Waals surface area contributed by atoms with Crippen LogP contribution in [0.1, 0.15) is 34.1 Å². The van der Waals surface area contributed by atoms with Gasteiger partial charge < -0.3 is 10.5 Å².